The van der Waals surface area contributed by atoms with Gasteiger partial charge in [-0.1, -0.05) is 18.2 Å². The van der Waals surface area contributed by atoms with E-state index in [4.69, 9.17) is 9.47 Å². The molecular formula is C20H32N2O4. The second kappa shape index (κ2) is 9.24. The zero-order valence-electron chi connectivity index (χ0n) is 16.3. The van der Waals surface area contributed by atoms with Crippen LogP contribution in [0.15, 0.2) is 30.3 Å². The molecule has 0 radical (unpaired) electrons. The van der Waals surface area contributed by atoms with Crippen molar-refractivity contribution < 1.29 is 19.4 Å². The molecule has 1 amide bonds. The molecule has 6 nitrogen and oxygen atoms in total. The quantitative estimate of drug-likeness (QED) is 0.705. The molecule has 0 saturated heterocycles. The van der Waals surface area contributed by atoms with E-state index in [1.807, 2.05) is 58.2 Å². The number of aliphatic hydroxyl groups is 1. The van der Waals surface area contributed by atoms with Crippen molar-refractivity contribution in [1.82, 2.24) is 10.2 Å². The smallest absolute Gasteiger partial charge is 0.407 e. The lowest BCUT2D eigenvalue weighted by Gasteiger charge is -2.30. The molecule has 0 aliphatic heterocycles. The van der Waals surface area contributed by atoms with Gasteiger partial charge in [0.1, 0.15) is 24.1 Å². The van der Waals surface area contributed by atoms with Crippen molar-refractivity contribution in [3.8, 4) is 5.75 Å². The van der Waals surface area contributed by atoms with E-state index in [9.17, 15) is 9.90 Å². The van der Waals surface area contributed by atoms with Crippen LogP contribution in [0.4, 0.5) is 4.79 Å². The summed E-state index contributed by atoms with van der Waals surface area (Å²) in [5.74, 6) is 1.30. The number of aliphatic hydroxyl groups excluding tert-OH is 1. The van der Waals surface area contributed by atoms with Crippen LogP contribution in [0.5, 0.6) is 5.75 Å². The number of rotatable bonds is 9. The number of hydrogen-bond acceptors (Lipinski definition) is 5. The van der Waals surface area contributed by atoms with Gasteiger partial charge in [0.2, 0.25) is 0 Å². The van der Waals surface area contributed by atoms with E-state index in [1.165, 1.54) is 0 Å². The number of carbonyl (C=O) groups is 1. The minimum absolute atomic E-state index is 0.189. The Morgan fingerprint density at radius 1 is 1.31 bits per heavy atom. The zero-order valence-corrected chi connectivity index (χ0v) is 16.3. The lowest BCUT2D eigenvalue weighted by atomic mass is 10.1. The van der Waals surface area contributed by atoms with Crippen LogP contribution in [-0.4, -0.2) is 60.6 Å². The van der Waals surface area contributed by atoms with Crippen molar-refractivity contribution in [1.29, 1.82) is 0 Å². The fourth-order valence-electron chi connectivity index (χ4n) is 2.90. The number of alkyl carbamates (subject to hydrolysis) is 1. The lowest BCUT2D eigenvalue weighted by Crippen LogP contribution is -2.47. The van der Waals surface area contributed by atoms with E-state index < -0.39 is 17.8 Å². The van der Waals surface area contributed by atoms with Gasteiger partial charge in [0.15, 0.2) is 0 Å². The topological polar surface area (TPSA) is 71.0 Å². The molecule has 0 heterocycles. The molecule has 1 aliphatic carbocycles. The Hall–Kier alpha value is -1.79. The summed E-state index contributed by atoms with van der Waals surface area (Å²) < 4.78 is 10.9. The van der Waals surface area contributed by atoms with E-state index in [2.05, 4.69) is 10.2 Å². The molecule has 6 heteroatoms. The van der Waals surface area contributed by atoms with Crippen LogP contribution in [0.3, 0.4) is 0 Å². The number of amides is 1. The fourth-order valence-corrected chi connectivity index (χ4v) is 2.90. The molecule has 146 valence electrons. The Balaban J connectivity index is 1.76. The minimum atomic E-state index is -0.594. The summed E-state index contributed by atoms with van der Waals surface area (Å²) in [6, 6.07) is 9.66. The molecule has 2 atom stereocenters. The Labute approximate surface area is 156 Å². The summed E-state index contributed by atoms with van der Waals surface area (Å²) in [4.78, 5) is 14.0. The van der Waals surface area contributed by atoms with Crippen molar-refractivity contribution in [2.75, 3.05) is 26.7 Å². The molecule has 1 fully saturated rings. The zero-order chi connectivity index (χ0) is 19.2. The number of hydrogen-bond donors (Lipinski definition) is 2. The average Bonchev–Trinajstić information content (AvgIpc) is 3.37. The number of nitrogens with zero attached hydrogens (tertiary/aromatic N) is 1. The molecular weight excluding hydrogens is 332 g/mol. The molecule has 2 N–H and O–H groups in total. The number of nitrogens with one attached hydrogen (secondary N) is 1. The van der Waals surface area contributed by atoms with Gasteiger partial charge in [0.05, 0.1) is 0 Å². The van der Waals surface area contributed by atoms with Gasteiger partial charge < -0.3 is 19.9 Å². The van der Waals surface area contributed by atoms with Crippen LogP contribution >= 0.6 is 0 Å². The molecule has 2 unspecified atom stereocenters. The highest BCUT2D eigenvalue weighted by atomic mass is 16.6. The number of para-hydroxylation sites is 1. The van der Waals surface area contributed by atoms with Crippen molar-refractivity contribution in [2.45, 2.75) is 51.4 Å². The van der Waals surface area contributed by atoms with Crippen LogP contribution in [0.2, 0.25) is 0 Å². The molecule has 1 aliphatic rings. The first-order chi connectivity index (χ1) is 12.2. The van der Waals surface area contributed by atoms with Gasteiger partial charge in [-0.25, -0.2) is 4.79 Å². The predicted molar refractivity (Wildman–Crippen MR) is 101 cm³/mol. The standard InChI is InChI=1S/C20H32N2O4/c1-20(2,3)26-19(24)21-12-18(15-10-11-15)22(4)13-16(23)14-25-17-8-6-5-7-9-17/h5-9,15-16,18,23H,10-14H2,1-4H3,(H,21,24). The summed E-state index contributed by atoms with van der Waals surface area (Å²) in [7, 11) is 1.98. The van der Waals surface area contributed by atoms with Crippen molar-refractivity contribution in [3.63, 3.8) is 0 Å². The summed E-state index contributed by atoms with van der Waals surface area (Å²) in [5, 5.41) is 13.1. The SMILES string of the molecule is CN(CC(O)COc1ccccc1)C(CNC(=O)OC(C)(C)C)C1CC1. The van der Waals surface area contributed by atoms with Crippen molar-refractivity contribution in [2.24, 2.45) is 5.92 Å². The maximum absolute atomic E-state index is 11.9. The van der Waals surface area contributed by atoms with Crippen LogP contribution in [0.1, 0.15) is 33.6 Å². The first-order valence-corrected chi connectivity index (χ1v) is 9.27. The highest BCUT2D eigenvalue weighted by molar-refractivity contribution is 5.67. The fraction of sp³-hybridized carbons (Fsp3) is 0.650. The number of ether oxygens (including phenoxy) is 2. The second-order valence-electron chi connectivity index (χ2n) is 8.01. The number of likely N-dealkylation sites (N-methyl/N-ethyl adjacent to an activating group) is 1. The van der Waals surface area contributed by atoms with E-state index in [0.29, 0.717) is 19.0 Å². The Kier molecular flexibility index (Phi) is 7.29. The number of carbonyl (C=O) groups excluding carboxylic acids is 1. The maximum atomic E-state index is 11.9. The number of benzene rings is 1. The van der Waals surface area contributed by atoms with Gasteiger partial charge >= 0.3 is 6.09 Å². The summed E-state index contributed by atoms with van der Waals surface area (Å²) in [6.07, 6.45) is 1.32. The molecule has 26 heavy (non-hydrogen) atoms. The predicted octanol–water partition coefficient (Wildman–Crippen LogP) is 2.66. The third kappa shape index (κ3) is 7.62. The van der Waals surface area contributed by atoms with Gasteiger partial charge in [0.25, 0.3) is 0 Å². The molecule has 0 aromatic heterocycles. The van der Waals surface area contributed by atoms with Crippen molar-refractivity contribution in [3.05, 3.63) is 30.3 Å². The maximum Gasteiger partial charge on any atom is 0.407 e. The Morgan fingerprint density at radius 2 is 1.96 bits per heavy atom. The Bertz CT molecular complexity index is 555. The largest absolute Gasteiger partial charge is 0.491 e. The van der Waals surface area contributed by atoms with Gasteiger partial charge in [-0.15, -0.1) is 0 Å². The van der Waals surface area contributed by atoms with Crippen molar-refractivity contribution >= 4 is 6.09 Å². The lowest BCUT2D eigenvalue weighted by molar-refractivity contribution is 0.0454. The second-order valence-corrected chi connectivity index (χ2v) is 8.01. The molecule has 2 rings (SSSR count). The Morgan fingerprint density at radius 3 is 2.54 bits per heavy atom. The molecule has 1 saturated carbocycles. The first-order valence-electron chi connectivity index (χ1n) is 9.27. The van der Waals surface area contributed by atoms with E-state index in [0.717, 1.165) is 18.6 Å². The molecule has 0 bridgehead atoms. The third-order valence-corrected chi connectivity index (χ3v) is 4.27. The molecule has 1 aromatic carbocycles. The van der Waals surface area contributed by atoms with Crippen LogP contribution in [0, 0.1) is 5.92 Å². The average molecular weight is 364 g/mol. The highest BCUT2D eigenvalue weighted by Gasteiger charge is 2.35. The molecule has 1 aromatic rings. The molecule has 0 spiro atoms. The van der Waals surface area contributed by atoms with E-state index in [-0.39, 0.29) is 12.6 Å². The summed E-state index contributed by atoms with van der Waals surface area (Å²) in [5.41, 5.74) is -0.504. The highest BCUT2D eigenvalue weighted by Crippen LogP contribution is 2.34. The van der Waals surface area contributed by atoms with E-state index in [1.54, 1.807) is 0 Å². The van der Waals surface area contributed by atoms with Crippen LogP contribution < -0.4 is 10.1 Å². The summed E-state index contributed by atoms with van der Waals surface area (Å²) >= 11 is 0. The minimum Gasteiger partial charge on any atom is -0.491 e. The normalized spacial score (nSPS) is 16.8. The van der Waals surface area contributed by atoms with E-state index >= 15 is 0 Å². The van der Waals surface area contributed by atoms with Gasteiger partial charge in [0, 0.05) is 19.1 Å². The van der Waals surface area contributed by atoms with Gasteiger partial charge in [-0.3, -0.25) is 4.90 Å². The van der Waals surface area contributed by atoms with Crippen LogP contribution in [-0.2, 0) is 4.74 Å². The van der Waals surface area contributed by atoms with Gasteiger partial charge in [-0.05, 0) is 58.7 Å². The van der Waals surface area contributed by atoms with Crippen LogP contribution in [0.25, 0.3) is 0 Å². The summed E-state index contributed by atoms with van der Waals surface area (Å²) in [6.45, 7) is 6.79. The van der Waals surface area contributed by atoms with Gasteiger partial charge in [-0.2, -0.15) is 0 Å². The monoisotopic (exact) mass is 364 g/mol. The third-order valence-electron chi connectivity index (χ3n) is 4.27. The first kappa shape index (κ1) is 20.5.